The maximum absolute atomic E-state index is 12.0. The first-order valence-electron chi connectivity index (χ1n) is 8.62. The highest BCUT2D eigenvalue weighted by molar-refractivity contribution is 7.98. The van der Waals surface area contributed by atoms with Gasteiger partial charge in [0.25, 0.3) is 0 Å². The first-order valence-corrected chi connectivity index (χ1v) is 10.0. The maximum atomic E-state index is 12.0. The van der Waals surface area contributed by atoms with Crippen LogP contribution in [0.4, 0.5) is 4.79 Å². The average molecular weight is 361 g/mol. The molecule has 0 aromatic rings. The molecule has 0 aliphatic heterocycles. The molecular weight excluding hydrogens is 324 g/mol. The number of hydrogen-bond donors (Lipinski definition) is 3. The van der Waals surface area contributed by atoms with Crippen molar-refractivity contribution in [3.8, 4) is 0 Å². The summed E-state index contributed by atoms with van der Waals surface area (Å²) in [5.41, 5.74) is -0.493. The van der Waals surface area contributed by atoms with Crippen molar-refractivity contribution < 1.29 is 9.53 Å². The van der Waals surface area contributed by atoms with E-state index in [0.29, 0.717) is 6.54 Å². The highest BCUT2D eigenvalue weighted by atomic mass is 32.2. The van der Waals surface area contributed by atoms with Gasteiger partial charge in [-0.05, 0) is 51.5 Å². The Kier molecular flexibility index (Phi) is 11.7. The summed E-state index contributed by atoms with van der Waals surface area (Å²) in [6.45, 7) is 11.2. The van der Waals surface area contributed by atoms with Crippen molar-refractivity contribution in [2.24, 2.45) is 10.9 Å². The molecule has 142 valence electrons. The largest absolute Gasteiger partial charge is 0.444 e. The Morgan fingerprint density at radius 1 is 1.21 bits per heavy atom. The highest BCUT2D eigenvalue weighted by Crippen LogP contribution is 2.08. The zero-order valence-electron chi connectivity index (χ0n) is 16.4. The lowest BCUT2D eigenvalue weighted by atomic mass is 10.0. The van der Waals surface area contributed by atoms with Crippen LogP contribution in [0.3, 0.4) is 0 Å². The van der Waals surface area contributed by atoms with Crippen LogP contribution in [-0.2, 0) is 4.74 Å². The Labute approximate surface area is 152 Å². The third-order valence-electron chi connectivity index (χ3n) is 3.29. The van der Waals surface area contributed by atoms with Crippen molar-refractivity contribution in [2.45, 2.75) is 59.1 Å². The quantitative estimate of drug-likeness (QED) is 0.335. The van der Waals surface area contributed by atoms with Crippen LogP contribution in [0, 0.1) is 5.92 Å². The normalized spacial score (nSPS) is 13.6. The molecule has 0 aromatic heterocycles. The van der Waals surface area contributed by atoms with Crippen LogP contribution < -0.4 is 16.0 Å². The number of guanidine groups is 1. The maximum Gasteiger partial charge on any atom is 0.407 e. The fourth-order valence-corrected chi connectivity index (χ4v) is 2.41. The summed E-state index contributed by atoms with van der Waals surface area (Å²) in [6.07, 6.45) is 4.05. The predicted molar refractivity (Wildman–Crippen MR) is 105 cm³/mol. The molecule has 6 nitrogen and oxygen atoms in total. The molecule has 0 bridgehead atoms. The van der Waals surface area contributed by atoms with Crippen LogP contribution in [0.25, 0.3) is 0 Å². The van der Waals surface area contributed by atoms with Crippen molar-refractivity contribution in [1.29, 1.82) is 0 Å². The smallest absolute Gasteiger partial charge is 0.407 e. The lowest BCUT2D eigenvalue weighted by Gasteiger charge is -2.26. The second kappa shape index (κ2) is 12.3. The molecule has 7 heteroatoms. The van der Waals surface area contributed by atoms with E-state index in [1.807, 2.05) is 32.5 Å². The summed E-state index contributed by atoms with van der Waals surface area (Å²) in [4.78, 5) is 16.2. The van der Waals surface area contributed by atoms with E-state index in [4.69, 9.17) is 4.74 Å². The van der Waals surface area contributed by atoms with Crippen LogP contribution >= 0.6 is 11.8 Å². The first-order chi connectivity index (χ1) is 11.2. The van der Waals surface area contributed by atoms with Gasteiger partial charge in [0, 0.05) is 20.1 Å². The van der Waals surface area contributed by atoms with E-state index >= 15 is 0 Å². The lowest BCUT2D eigenvalue weighted by Crippen LogP contribution is -2.50. The molecule has 24 heavy (non-hydrogen) atoms. The van der Waals surface area contributed by atoms with E-state index < -0.39 is 5.60 Å². The summed E-state index contributed by atoms with van der Waals surface area (Å²) in [7, 11) is 1.75. The van der Waals surface area contributed by atoms with Gasteiger partial charge in [-0.3, -0.25) is 4.99 Å². The molecule has 0 rings (SSSR count). The Bertz CT molecular complexity index is 381. The van der Waals surface area contributed by atoms with Crippen molar-refractivity contribution in [3.63, 3.8) is 0 Å². The third-order valence-corrected chi connectivity index (χ3v) is 3.98. The van der Waals surface area contributed by atoms with E-state index in [0.717, 1.165) is 18.9 Å². The Morgan fingerprint density at radius 3 is 2.38 bits per heavy atom. The molecule has 0 saturated carbocycles. The number of carbonyl (C=O) groups excluding carboxylic acids is 1. The van der Waals surface area contributed by atoms with Gasteiger partial charge in [0.1, 0.15) is 5.60 Å². The second-order valence-corrected chi connectivity index (χ2v) is 8.06. The molecule has 0 aliphatic carbocycles. The standard InChI is InChI=1S/C17H36N4O2S/c1-13(2)14(21-16(22)23-17(3,4)5)12-20-15(18-6)19-10-8-9-11-24-7/h13-14H,8-12H2,1-7H3,(H,21,22)(H2,18,19,20). The van der Waals surface area contributed by atoms with Crippen LogP contribution in [0.1, 0.15) is 47.5 Å². The average Bonchev–Trinajstić information content (AvgIpc) is 2.46. The molecule has 0 spiro atoms. The molecule has 0 heterocycles. The number of rotatable bonds is 9. The van der Waals surface area contributed by atoms with Gasteiger partial charge in [0.15, 0.2) is 5.96 Å². The number of ether oxygens (including phenoxy) is 1. The summed E-state index contributed by atoms with van der Waals surface area (Å²) >= 11 is 1.87. The van der Waals surface area contributed by atoms with Crippen LogP contribution in [0.15, 0.2) is 4.99 Å². The summed E-state index contributed by atoms with van der Waals surface area (Å²) in [6, 6.07) is -0.0325. The number of aliphatic imine (C=N–C) groups is 1. The minimum atomic E-state index is -0.493. The lowest BCUT2D eigenvalue weighted by molar-refractivity contribution is 0.0491. The van der Waals surface area contributed by atoms with Crippen LogP contribution in [-0.4, -0.2) is 55.8 Å². The molecule has 1 unspecified atom stereocenters. The topological polar surface area (TPSA) is 74.8 Å². The van der Waals surface area contributed by atoms with E-state index in [1.165, 1.54) is 12.2 Å². The Balaban J connectivity index is 4.28. The second-order valence-electron chi connectivity index (χ2n) is 7.08. The van der Waals surface area contributed by atoms with Gasteiger partial charge in [-0.1, -0.05) is 13.8 Å². The number of nitrogens with zero attached hydrogens (tertiary/aromatic N) is 1. The minimum absolute atomic E-state index is 0.0325. The molecule has 0 radical (unpaired) electrons. The van der Waals surface area contributed by atoms with Gasteiger partial charge in [0.2, 0.25) is 0 Å². The molecule has 1 amide bonds. The molecule has 0 aliphatic rings. The van der Waals surface area contributed by atoms with Crippen LogP contribution in [0.5, 0.6) is 0 Å². The van der Waals surface area contributed by atoms with Crippen molar-refractivity contribution in [3.05, 3.63) is 0 Å². The van der Waals surface area contributed by atoms with Gasteiger partial charge in [-0.25, -0.2) is 4.79 Å². The van der Waals surface area contributed by atoms with Crippen molar-refractivity contribution in [2.75, 3.05) is 32.1 Å². The van der Waals surface area contributed by atoms with E-state index in [9.17, 15) is 4.79 Å². The molecule has 0 saturated heterocycles. The zero-order chi connectivity index (χ0) is 18.6. The summed E-state index contributed by atoms with van der Waals surface area (Å²) in [5, 5.41) is 9.50. The third kappa shape index (κ3) is 12.3. The van der Waals surface area contributed by atoms with Gasteiger partial charge in [0.05, 0.1) is 6.04 Å². The fraction of sp³-hybridized carbons (Fsp3) is 0.882. The number of hydrogen-bond acceptors (Lipinski definition) is 4. The number of carbonyl (C=O) groups is 1. The highest BCUT2D eigenvalue weighted by Gasteiger charge is 2.21. The number of unbranched alkanes of at least 4 members (excludes halogenated alkanes) is 1. The number of thioether (sulfide) groups is 1. The van der Waals surface area contributed by atoms with Crippen molar-refractivity contribution >= 4 is 23.8 Å². The van der Waals surface area contributed by atoms with Gasteiger partial charge in [-0.15, -0.1) is 0 Å². The van der Waals surface area contributed by atoms with E-state index in [-0.39, 0.29) is 18.1 Å². The fourth-order valence-electron chi connectivity index (χ4n) is 1.92. The monoisotopic (exact) mass is 360 g/mol. The van der Waals surface area contributed by atoms with E-state index in [1.54, 1.807) is 7.05 Å². The van der Waals surface area contributed by atoms with Gasteiger partial charge < -0.3 is 20.7 Å². The Hall–Kier alpha value is -1.11. The predicted octanol–water partition coefficient (Wildman–Crippen LogP) is 2.84. The summed E-state index contributed by atoms with van der Waals surface area (Å²) < 4.78 is 5.33. The molecule has 3 N–H and O–H groups in total. The van der Waals surface area contributed by atoms with Gasteiger partial charge in [-0.2, -0.15) is 11.8 Å². The molecule has 0 fully saturated rings. The first kappa shape index (κ1) is 22.9. The SMILES string of the molecule is CN=C(NCCCCSC)NCC(NC(=O)OC(C)(C)C)C(C)C. The van der Waals surface area contributed by atoms with E-state index in [2.05, 4.69) is 41.0 Å². The van der Waals surface area contributed by atoms with Gasteiger partial charge >= 0.3 is 6.09 Å². The Morgan fingerprint density at radius 2 is 1.88 bits per heavy atom. The number of amides is 1. The molecule has 0 aromatic carbocycles. The number of nitrogens with one attached hydrogen (secondary N) is 3. The minimum Gasteiger partial charge on any atom is -0.444 e. The zero-order valence-corrected chi connectivity index (χ0v) is 17.2. The molecular formula is C17H36N4O2S. The molecule has 1 atom stereocenters. The number of alkyl carbamates (subject to hydrolysis) is 1. The van der Waals surface area contributed by atoms with Crippen LogP contribution in [0.2, 0.25) is 0 Å². The summed E-state index contributed by atoms with van der Waals surface area (Å²) in [5.74, 6) is 2.23. The van der Waals surface area contributed by atoms with Crippen molar-refractivity contribution in [1.82, 2.24) is 16.0 Å².